The molecule has 0 nitrogen and oxygen atoms in total. The van der Waals surface area contributed by atoms with E-state index in [4.69, 9.17) is 8.22 Å². The number of rotatable bonds is 0. The highest BCUT2D eigenvalue weighted by Gasteiger charge is 2.00. The zero-order valence-corrected chi connectivity index (χ0v) is 4.65. The van der Waals surface area contributed by atoms with Crippen molar-refractivity contribution in [2.75, 3.05) is 0 Å². The van der Waals surface area contributed by atoms with Crippen molar-refractivity contribution in [3.63, 3.8) is 0 Å². The summed E-state index contributed by atoms with van der Waals surface area (Å²) < 4.78 is 45.1. The summed E-state index contributed by atoms with van der Waals surface area (Å²) in [4.78, 5) is 0. The Labute approximate surface area is 63.3 Å². The van der Waals surface area contributed by atoms with Crippen LogP contribution in [0.1, 0.15) is 19.4 Å². The van der Waals surface area contributed by atoms with Crippen molar-refractivity contribution >= 4 is 6.08 Å². The van der Waals surface area contributed by atoms with E-state index in [1.807, 2.05) is 0 Å². The minimum absolute atomic E-state index is 0.151. The first-order chi connectivity index (χ1) is 6.85. The Bertz CT molecular complexity index is 474. The lowest BCUT2D eigenvalue weighted by atomic mass is 10.1. The monoisotopic (exact) mass is 122 g/mol. The summed E-state index contributed by atoms with van der Waals surface area (Å²) in [6, 6.07) is 0.425. The van der Waals surface area contributed by atoms with Gasteiger partial charge in [-0.1, -0.05) is 36.3 Å². The van der Waals surface area contributed by atoms with Crippen molar-refractivity contribution in [3.8, 4) is 0 Å². The molecule has 44 valence electrons. The first-order valence-electron chi connectivity index (χ1n) is 5.65. The van der Waals surface area contributed by atoms with E-state index in [0.717, 1.165) is 0 Å². The van der Waals surface area contributed by atoms with Gasteiger partial charge < -0.3 is 0 Å². The van der Waals surface area contributed by atoms with E-state index in [1.165, 1.54) is 12.1 Å². The Kier molecular flexibility index (Phi) is 0.331. The molecule has 1 aromatic carbocycles. The molecule has 0 aliphatic heterocycles. The molecule has 0 N–H and O–H groups in total. The fourth-order valence-corrected chi connectivity index (χ4v) is 0.760. The Hall–Kier alpha value is -1.04. The van der Waals surface area contributed by atoms with E-state index >= 15 is 0 Å². The summed E-state index contributed by atoms with van der Waals surface area (Å²) in [6.45, 7) is 0. The van der Waals surface area contributed by atoms with Gasteiger partial charge in [-0.15, -0.1) is 0 Å². The molecular formula is C9H8. The van der Waals surface area contributed by atoms with E-state index < -0.39 is 6.37 Å². The minimum Gasteiger partial charge on any atom is -0.0795 e. The molecule has 0 saturated heterocycles. The van der Waals surface area contributed by atoms with E-state index in [0.29, 0.717) is 0 Å². The Morgan fingerprint density at radius 1 is 1.56 bits per heavy atom. The van der Waals surface area contributed by atoms with Crippen LogP contribution >= 0.6 is 0 Å². The summed E-state index contributed by atoms with van der Waals surface area (Å²) in [5.41, 5.74) is 0.407. The molecule has 1 aliphatic rings. The molecule has 0 atom stereocenters. The van der Waals surface area contributed by atoms with Crippen molar-refractivity contribution < 1.29 is 8.22 Å². The molecule has 0 fully saturated rings. The van der Waals surface area contributed by atoms with Gasteiger partial charge in [0, 0.05) is 2.74 Å². The van der Waals surface area contributed by atoms with Crippen LogP contribution in [0.15, 0.2) is 30.2 Å². The third-order valence-electron chi connectivity index (χ3n) is 1.20. The standard InChI is InChI=1S/C9H8/c1-2-5-9-7-3-6-8(9)4-1/h1-6H,7H2/i1D,2D,3D,4D,7D2. The van der Waals surface area contributed by atoms with Crippen LogP contribution in [-0.4, -0.2) is 0 Å². The molecular weight excluding hydrogens is 108 g/mol. The van der Waals surface area contributed by atoms with Crippen molar-refractivity contribution in [1.29, 1.82) is 0 Å². The smallest absolute Gasteiger partial charge is 0.0629 e. The maximum atomic E-state index is 7.62. The average molecular weight is 122 g/mol. The van der Waals surface area contributed by atoms with Gasteiger partial charge in [0.1, 0.15) is 0 Å². The van der Waals surface area contributed by atoms with Gasteiger partial charge >= 0.3 is 0 Å². The van der Waals surface area contributed by atoms with Gasteiger partial charge in [-0.3, -0.25) is 0 Å². The number of fused-ring (bicyclic) bond motifs is 1. The summed E-state index contributed by atoms with van der Waals surface area (Å²) in [6.07, 6.45) is -0.677. The molecule has 1 aliphatic carbocycles. The Balaban J connectivity index is 2.79. The fraction of sp³-hybridized carbons (Fsp3) is 0.111. The van der Waals surface area contributed by atoms with E-state index in [-0.39, 0.29) is 35.3 Å². The summed E-state index contributed by atoms with van der Waals surface area (Å²) in [5, 5.41) is 0. The van der Waals surface area contributed by atoms with E-state index in [9.17, 15) is 0 Å². The van der Waals surface area contributed by atoms with Gasteiger partial charge in [-0.25, -0.2) is 0 Å². The van der Waals surface area contributed by atoms with E-state index in [2.05, 4.69) is 0 Å². The minimum atomic E-state index is -1.94. The molecule has 0 aromatic heterocycles. The second kappa shape index (κ2) is 1.73. The third-order valence-corrected chi connectivity index (χ3v) is 1.20. The first-order valence-corrected chi connectivity index (χ1v) is 2.65. The van der Waals surface area contributed by atoms with Crippen LogP contribution in [0, 0.1) is 0 Å². The van der Waals surface area contributed by atoms with Crippen molar-refractivity contribution in [2.45, 2.75) is 6.37 Å². The van der Waals surface area contributed by atoms with Gasteiger partial charge in [0.2, 0.25) is 0 Å². The molecule has 1 aromatic rings. The Morgan fingerprint density at radius 3 is 3.56 bits per heavy atom. The molecule has 0 heteroatoms. The molecule has 0 radical (unpaired) electrons. The normalized spacial score (nSPS) is 30.0. The van der Waals surface area contributed by atoms with Gasteiger partial charge in [0.25, 0.3) is 0 Å². The topological polar surface area (TPSA) is 0 Å². The van der Waals surface area contributed by atoms with Crippen molar-refractivity contribution in [1.82, 2.24) is 0 Å². The second-order valence-corrected chi connectivity index (χ2v) is 1.78. The highest BCUT2D eigenvalue weighted by molar-refractivity contribution is 5.59. The van der Waals surface area contributed by atoms with Crippen LogP contribution < -0.4 is 0 Å². The number of hydrogen-bond acceptors (Lipinski definition) is 0. The number of hydrogen-bond donors (Lipinski definition) is 0. The maximum absolute atomic E-state index is 7.62. The maximum Gasteiger partial charge on any atom is 0.0629 e. The quantitative estimate of drug-likeness (QED) is 0.495. The SMILES string of the molecule is [2H]C1=Cc2c(cc([2H])c([2H])c2[2H])C1([2H])[2H]. The van der Waals surface area contributed by atoms with Crippen molar-refractivity contribution in [2.24, 2.45) is 0 Å². The number of allylic oxidation sites excluding steroid dienone is 1. The lowest BCUT2D eigenvalue weighted by molar-refractivity contribution is 1.31. The first kappa shape index (κ1) is 1.72. The third kappa shape index (κ3) is 0.672. The van der Waals surface area contributed by atoms with Crippen LogP contribution in [0.3, 0.4) is 0 Å². The lowest BCUT2D eigenvalue weighted by Gasteiger charge is -1.93. The fourth-order valence-electron chi connectivity index (χ4n) is 0.760. The summed E-state index contributed by atoms with van der Waals surface area (Å²) in [5.74, 6) is 0. The molecule has 0 saturated carbocycles. The highest BCUT2D eigenvalue weighted by atomic mass is 14.0. The molecule has 2 rings (SSSR count). The predicted molar refractivity (Wildman–Crippen MR) is 39.2 cm³/mol. The van der Waals surface area contributed by atoms with Crippen LogP contribution in [0.2, 0.25) is 0 Å². The zero-order valence-electron chi connectivity index (χ0n) is 10.7. The molecule has 0 unspecified atom stereocenters. The molecule has 9 heavy (non-hydrogen) atoms. The molecule has 0 spiro atoms. The molecule has 0 heterocycles. The zero-order chi connectivity index (χ0) is 11.4. The highest BCUT2D eigenvalue weighted by Crippen LogP contribution is 2.17. The largest absolute Gasteiger partial charge is 0.0795 e. The van der Waals surface area contributed by atoms with Crippen LogP contribution in [0.4, 0.5) is 0 Å². The predicted octanol–water partition coefficient (Wildman–Crippen LogP) is 2.26. The summed E-state index contributed by atoms with van der Waals surface area (Å²) >= 11 is 0. The Morgan fingerprint density at radius 2 is 2.56 bits per heavy atom. The van der Waals surface area contributed by atoms with E-state index in [1.54, 1.807) is 0 Å². The van der Waals surface area contributed by atoms with Crippen molar-refractivity contribution in [3.05, 3.63) is 41.4 Å². The van der Waals surface area contributed by atoms with Crippen LogP contribution in [-0.2, 0) is 6.37 Å². The van der Waals surface area contributed by atoms with Crippen LogP contribution in [0.25, 0.3) is 6.08 Å². The second-order valence-electron chi connectivity index (χ2n) is 1.78. The van der Waals surface area contributed by atoms with Gasteiger partial charge in [-0.05, 0) is 17.5 Å². The average Bonchev–Trinajstić information content (AvgIpc) is 2.38. The van der Waals surface area contributed by atoms with Gasteiger partial charge in [-0.2, -0.15) is 0 Å². The lowest BCUT2D eigenvalue weighted by Crippen LogP contribution is -1.76. The number of benzene rings is 1. The van der Waals surface area contributed by atoms with Gasteiger partial charge in [0.05, 0.1) is 5.48 Å². The van der Waals surface area contributed by atoms with Crippen LogP contribution in [0.5, 0.6) is 0 Å². The van der Waals surface area contributed by atoms with Gasteiger partial charge in [0.15, 0.2) is 0 Å². The molecule has 0 bridgehead atoms. The molecule has 0 amide bonds. The summed E-state index contributed by atoms with van der Waals surface area (Å²) in [7, 11) is 0.